The first-order valence-electron chi connectivity index (χ1n) is 9.36. The molecule has 5 nitrogen and oxygen atoms in total. The van der Waals surface area contributed by atoms with Gasteiger partial charge in [-0.1, -0.05) is 38.4 Å². The highest BCUT2D eigenvalue weighted by Crippen LogP contribution is 2.31. The van der Waals surface area contributed by atoms with E-state index in [1.165, 1.54) is 5.56 Å². The number of oxazole rings is 1. The van der Waals surface area contributed by atoms with Crippen LogP contribution in [0.5, 0.6) is 0 Å². The van der Waals surface area contributed by atoms with E-state index < -0.39 is 0 Å². The summed E-state index contributed by atoms with van der Waals surface area (Å²) in [6.07, 6.45) is 1.78. The van der Waals surface area contributed by atoms with Gasteiger partial charge in [-0.3, -0.25) is 0 Å². The molecular weight excluding hydrogens is 360 g/mol. The third kappa shape index (κ3) is 3.48. The Kier molecular flexibility index (Phi) is 4.50. The van der Waals surface area contributed by atoms with Crippen LogP contribution in [0.15, 0.2) is 40.9 Å². The first kappa shape index (κ1) is 18.1. The van der Waals surface area contributed by atoms with Crippen molar-refractivity contribution in [1.29, 1.82) is 0 Å². The van der Waals surface area contributed by atoms with E-state index in [9.17, 15) is 0 Å². The first-order chi connectivity index (χ1) is 12.8. The molecule has 1 aliphatic rings. The molecule has 27 heavy (non-hydrogen) atoms. The molecule has 1 saturated heterocycles. The molecule has 0 spiro atoms. The number of piperazine rings is 1. The maximum Gasteiger partial charge on any atom is 0.298 e. The molecule has 2 aromatic heterocycles. The van der Waals surface area contributed by atoms with E-state index in [1.807, 2.05) is 18.2 Å². The zero-order valence-electron chi connectivity index (χ0n) is 16.2. The van der Waals surface area contributed by atoms with E-state index in [1.54, 1.807) is 6.20 Å². The molecule has 6 heteroatoms. The van der Waals surface area contributed by atoms with Crippen LogP contribution in [0.2, 0.25) is 5.02 Å². The van der Waals surface area contributed by atoms with E-state index in [0.717, 1.165) is 36.6 Å². The van der Waals surface area contributed by atoms with Crippen LogP contribution in [0, 0.1) is 0 Å². The molecule has 0 bridgehead atoms. The molecule has 1 atom stereocenters. The highest BCUT2D eigenvalue weighted by Gasteiger charge is 2.29. The Morgan fingerprint density at radius 3 is 2.70 bits per heavy atom. The highest BCUT2D eigenvalue weighted by molar-refractivity contribution is 6.32. The maximum atomic E-state index is 6.32. The van der Waals surface area contributed by atoms with Gasteiger partial charge in [0.1, 0.15) is 11.3 Å². The van der Waals surface area contributed by atoms with Crippen LogP contribution in [-0.2, 0) is 5.41 Å². The van der Waals surface area contributed by atoms with Crippen molar-refractivity contribution in [1.82, 2.24) is 9.97 Å². The third-order valence-electron chi connectivity index (χ3n) is 5.15. The molecule has 1 aliphatic heterocycles. The zero-order valence-corrected chi connectivity index (χ0v) is 17.0. The molecule has 0 aliphatic carbocycles. The maximum absolute atomic E-state index is 6.32. The lowest BCUT2D eigenvalue weighted by atomic mass is 9.87. The molecule has 0 radical (unpaired) electrons. The van der Waals surface area contributed by atoms with Gasteiger partial charge in [-0.05, 0) is 42.2 Å². The second-order valence-electron chi connectivity index (χ2n) is 8.23. The van der Waals surface area contributed by atoms with E-state index in [4.69, 9.17) is 21.0 Å². The Labute approximate surface area is 165 Å². The van der Waals surface area contributed by atoms with E-state index in [2.05, 4.69) is 54.6 Å². The molecule has 3 heterocycles. The van der Waals surface area contributed by atoms with Crippen molar-refractivity contribution >= 4 is 34.5 Å². The van der Waals surface area contributed by atoms with Gasteiger partial charge >= 0.3 is 0 Å². The van der Waals surface area contributed by atoms with E-state index >= 15 is 0 Å². The van der Waals surface area contributed by atoms with Crippen LogP contribution in [0.1, 0.15) is 33.3 Å². The van der Waals surface area contributed by atoms with Gasteiger partial charge in [0.2, 0.25) is 0 Å². The van der Waals surface area contributed by atoms with Gasteiger partial charge < -0.3 is 14.2 Å². The smallest absolute Gasteiger partial charge is 0.298 e. The second-order valence-corrected chi connectivity index (χ2v) is 8.63. The fraction of sp³-hybridized carbons (Fsp3) is 0.429. The minimum Gasteiger partial charge on any atom is -0.423 e. The van der Waals surface area contributed by atoms with Crippen LogP contribution in [-0.4, -0.2) is 35.6 Å². The summed E-state index contributed by atoms with van der Waals surface area (Å²) >= 11 is 6.32. The molecule has 3 aromatic rings. The molecule has 1 aromatic carbocycles. The number of hydrogen-bond donors (Lipinski definition) is 0. The fourth-order valence-corrected chi connectivity index (χ4v) is 3.79. The van der Waals surface area contributed by atoms with Gasteiger partial charge in [-0.2, -0.15) is 4.98 Å². The normalized spacial score (nSPS) is 18.3. The summed E-state index contributed by atoms with van der Waals surface area (Å²) in [7, 11) is 0. The van der Waals surface area contributed by atoms with Gasteiger partial charge in [0, 0.05) is 31.9 Å². The average molecular weight is 385 g/mol. The summed E-state index contributed by atoms with van der Waals surface area (Å²) in [5, 5.41) is 0.690. The number of anilines is 2. The third-order valence-corrected chi connectivity index (χ3v) is 5.45. The number of aromatic nitrogens is 2. The number of fused-ring (bicyclic) bond motifs is 1. The Bertz CT molecular complexity index is 962. The number of rotatable bonds is 2. The Hall–Kier alpha value is -2.27. The van der Waals surface area contributed by atoms with E-state index in [-0.39, 0.29) is 11.5 Å². The standard InChI is InChI=1S/C21H25ClN4O/c1-14-13-25(19-16(22)6-5-9-23-19)10-11-26(14)20-24-17-12-15(21(2,3)4)7-8-18(17)27-20/h5-9,12,14H,10-11,13H2,1-4H3/t14-/m1/s1. The highest BCUT2D eigenvalue weighted by atomic mass is 35.5. The van der Waals surface area contributed by atoms with Crippen LogP contribution in [0.3, 0.4) is 0 Å². The van der Waals surface area contributed by atoms with E-state index in [0.29, 0.717) is 11.0 Å². The monoisotopic (exact) mass is 384 g/mol. The lowest BCUT2D eigenvalue weighted by Crippen LogP contribution is -2.52. The molecule has 0 unspecified atom stereocenters. The van der Waals surface area contributed by atoms with Crippen molar-refractivity contribution in [2.24, 2.45) is 0 Å². The van der Waals surface area contributed by atoms with Crippen LogP contribution < -0.4 is 9.80 Å². The van der Waals surface area contributed by atoms with Crippen molar-refractivity contribution < 1.29 is 4.42 Å². The van der Waals surface area contributed by atoms with Gasteiger partial charge in [-0.25, -0.2) is 4.98 Å². The SMILES string of the molecule is C[C@@H]1CN(c2ncccc2Cl)CCN1c1nc2cc(C(C)(C)C)ccc2o1. The summed E-state index contributed by atoms with van der Waals surface area (Å²) in [6, 6.07) is 11.0. The summed E-state index contributed by atoms with van der Waals surface area (Å²) in [6.45, 7) is 11.3. The Balaban J connectivity index is 1.57. The minimum atomic E-state index is 0.0914. The molecule has 4 rings (SSSR count). The largest absolute Gasteiger partial charge is 0.423 e. The summed E-state index contributed by atoms with van der Waals surface area (Å²) in [5.41, 5.74) is 3.10. The van der Waals surface area contributed by atoms with Crippen molar-refractivity contribution in [3.63, 3.8) is 0 Å². The van der Waals surface area contributed by atoms with Crippen LogP contribution in [0.25, 0.3) is 11.1 Å². The van der Waals surface area contributed by atoms with Crippen LogP contribution in [0.4, 0.5) is 11.8 Å². The summed E-state index contributed by atoms with van der Waals surface area (Å²) in [4.78, 5) is 13.7. The number of hydrogen-bond acceptors (Lipinski definition) is 5. The predicted octanol–water partition coefficient (Wildman–Crippen LogP) is 4.89. The minimum absolute atomic E-state index is 0.0914. The first-order valence-corrected chi connectivity index (χ1v) is 9.74. The van der Waals surface area contributed by atoms with Gasteiger partial charge in [0.15, 0.2) is 5.58 Å². The van der Waals surface area contributed by atoms with Crippen molar-refractivity contribution in [3.8, 4) is 0 Å². The van der Waals surface area contributed by atoms with Gasteiger partial charge in [-0.15, -0.1) is 0 Å². The summed E-state index contributed by atoms with van der Waals surface area (Å²) < 4.78 is 6.06. The molecular formula is C21H25ClN4O. The predicted molar refractivity (Wildman–Crippen MR) is 111 cm³/mol. The van der Waals surface area contributed by atoms with Crippen molar-refractivity contribution in [2.75, 3.05) is 29.4 Å². The number of benzene rings is 1. The average Bonchev–Trinajstić information content (AvgIpc) is 3.04. The Morgan fingerprint density at radius 1 is 1.19 bits per heavy atom. The number of pyridine rings is 1. The number of nitrogens with zero attached hydrogens (tertiary/aromatic N) is 4. The molecule has 0 amide bonds. The summed E-state index contributed by atoms with van der Waals surface area (Å²) in [5.74, 6) is 0.845. The topological polar surface area (TPSA) is 45.4 Å². The molecule has 142 valence electrons. The zero-order chi connectivity index (χ0) is 19.2. The van der Waals surface area contributed by atoms with Crippen LogP contribution >= 0.6 is 11.6 Å². The van der Waals surface area contributed by atoms with Gasteiger partial charge in [0.25, 0.3) is 6.01 Å². The Morgan fingerprint density at radius 2 is 2.00 bits per heavy atom. The molecule has 0 saturated carbocycles. The molecule has 0 N–H and O–H groups in total. The van der Waals surface area contributed by atoms with Gasteiger partial charge in [0.05, 0.1) is 5.02 Å². The van der Waals surface area contributed by atoms with Crippen molar-refractivity contribution in [2.45, 2.75) is 39.2 Å². The van der Waals surface area contributed by atoms with Crippen molar-refractivity contribution in [3.05, 3.63) is 47.1 Å². The fourth-order valence-electron chi connectivity index (χ4n) is 3.55. The number of halogens is 1. The molecule has 1 fully saturated rings. The lowest BCUT2D eigenvalue weighted by Gasteiger charge is -2.39. The second kappa shape index (κ2) is 6.71. The lowest BCUT2D eigenvalue weighted by molar-refractivity contribution is 0.485. The quantitative estimate of drug-likeness (QED) is 0.629.